The maximum atomic E-state index is 6.11. The quantitative estimate of drug-likeness (QED) is 0.366. The van der Waals surface area contributed by atoms with Crippen molar-refractivity contribution < 1.29 is 9.47 Å². The molecule has 3 aromatic rings. The fraction of sp³-hybridized carbons (Fsp3) is 0.267. The molecule has 1 saturated heterocycles. The van der Waals surface area contributed by atoms with Crippen molar-refractivity contribution in [3.63, 3.8) is 0 Å². The molecule has 5 rings (SSSR count). The summed E-state index contributed by atoms with van der Waals surface area (Å²) in [5.41, 5.74) is 6.00. The topological polar surface area (TPSA) is 28.2 Å². The molecular weight excluding hydrogens is 434 g/mol. The molecule has 2 aliphatic heterocycles. The fourth-order valence-electron chi connectivity index (χ4n) is 4.67. The average molecular weight is 468 g/mol. The molecule has 0 saturated carbocycles. The van der Waals surface area contributed by atoms with Crippen molar-refractivity contribution in [3.8, 4) is 16.9 Å². The minimum absolute atomic E-state index is 0.359. The highest BCUT2D eigenvalue weighted by Crippen LogP contribution is 2.45. The standard InChI is InChI=1S/C30H33N3O2/c1-4-23(2)34-22-33-24(3)35-30-28(14-9-15-29(30)33)32-18-16-31(17-19-32)21-25-10-8-13-27(20-25)26-11-6-5-7-12-26/h5-15,20H,2-4,16-19,21-22H2,1H3. The molecule has 0 amide bonds. The lowest BCUT2D eigenvalue weighted by atomic mass is 10.0. The number of ether oxygens (including phenoxy) is 2. The van der Waals surface area contributed by atoms with Crippen LogP contribution in [-0.2, 0) is 11.3 Å². The van der Waals surface area contributed by atoms with Gasteiger partial charge in [-0.25, -0.2) is 0 Å². The van der Waals surface area contributed by atoms with Gasteiger partial charge in [-0.2, -0.15) is 0 Å². The van der Waals surface area contributed by atoms with Crippen LogP contribution in [-0.4, -0.2) is 37.8 Å². The monoisotopic (exact) mass is 467 g/mol. The predicted molar refractivity (Wildman–Crippen MR) is 143 cm³/mol. The van der Waals surface area contributed by atoms with Gasteiger partial charge in [0.15, 0.2) is 18.4 Å². The van der Waals surface area contributed by atoms with Crippen molar-refractivity contribution in [2.24, 2.45) is 0 Å². The Balaban J connectivity index is 1.23. The Bertz CT molecular complexity index is 1200. The second kappa shape index (κ2) is 10.3. The number of allylic oxidation sites excluding steroid dienone is 1. The molecule has 180 valence electrons. The zero-order valence-corrected chi connectivity index (χ0v) is 20.5. The Labute approximate surface area is 208 Å². The van der Waals surface area contributed by atoms with E-state index < -0.39 is 0 Å². The molecule has 0 radical (unpaired) electrons. The van der Waals surface area contributed by atoms with Crippen LogP contribution in [0.2, 0.25) is 0 Å². The highest BCUT2D eigenvalue weighted by molar-refractivity contribution is 5.77. The molecule has 0 unspecified atom stereocenters. The predicted octanol–water partition coefficient (Wildman–Crippen LogP) is 6.24. The van der Waals surface area contributed by atoms with Gasteiger partial charge in [-0.05, 0) is 41.5 Å². The van der Waals surface area contributed by atoms with E-state index in [0.29, 0.717) is 12.6 Å². The van der Waals surface area contributed by atoms with E-state index in [1.807, 2.05) is 11.8 Å². The molecular formula is C30H33N3O2. The largest absolute Gasteiger partial charge is 0.478 e. The van der Waals surface area contributed by atoms with E-state index in [0.717, 1.165) is 62.0 Å². The summed E-state index contributed by atoms with van der Waals surface area (Å²) in [5.74, 6) is 2.22. The molecule has 5 heteroatoms. The SMILES string of the molecule is C=C(CC)OCN1C(=C)Oc2c(N3CCN(Cc4cccc(-c5ccccc5)c4)CC3)cccc21. The van der Waals surface area contributed by atoms with Crippen molar-refractivity contribution >= 4 is 11.4 Å². The zero-order valence-electron chi connectivity index (χ0n) is 20.5. The van der Waals surface area contributed by atoms with Crippen LogP contribution in [0, 0.1) is 0 Å². The Kier molecular flexibility index (Phi) is 6.77. The summed E-state index contributed by atoms with van der Waals surface area (Å²) in [6.45, 7) is 15.3. The lowest BCUT2D eigenvalue weighted by molar-refractivity contribution is 0.205. The minimum atomic E-state index is 0.359. The molecule has 0 aromatic heterocycles. The third-order valence-corrected chi connectivity index (χ3v) is 6.73. The molecule has 35 heavy (non-hydrogen) atoms. The molecule has 3 aromatic carbocycles. The van der Waals surface area contributed by atoms with Gasteiger partial charge >= 0.3 is 0 Å². The van der Waals surface area contributed by atoms with Gasteiger partial charge < -0.3 is 14.4 Å². The Morgan fingerprint density at radius 3 is 2.37 bits per heavy atom. The summed E-state index contributed by atoms with van der Waals surface area (Å²) >= 11 is 0. The van der Waals surface area contributed by atoms with E-state index in [4.69, 9.17) is 9.47 Å². The number of rotatable bonds is 8. The molecule has 0 aliphatic carbocycles. The van der Waals surface area contributed by atoms with Gasteiger partial charge in [-0.15, -0.1) is 0 Å². The molecule has 0 N–H and O–H groups in total. The number of hydrogen-bond donors (Lipinski definition) is 0. The number of benzene rings is 3. The van der Waals surface area contributed by atoms with Crippen LogP contribution in [0.25, 0.3) is 11.1 Å². The summed E-state index contributed by atoms with van der Waals surface area (Å²) in [6, 6.07) is 25.8. The number of anilines is 2. The van der Waals surface area contributed by atoms with Crippen LogP contribution < -0.4 is 14.5 Å². The van der Waals surface area contributed by atoms with Gasteiger partial charge in [0, 0.05) is 39.1 Å². The number of piperazine rings is 1. The number of para-hydroxylation sites is 1. The van der Waals surface area contributed by atoms with E-state index in [1.54, 1.807) is 0 Å². The van der Waals surface area contributed by atoms with Gasteiger partial charge in [0.1, 0.15) is 0 Å². The highest BCUT2D eigenvalue weighted by atomic mass is 16.5. The minimum Gasteiger partial charge on any atom is -0.478 e. The molecule has 5 nitrogen and oxygen atoms in total. The van der Waals surface area contributed by atoms with Crippen LogP contribution in [0.15, 0.2) is 97.6 Å². The normalized spacial score (nSPS) is 15.6. The van der Waals surface area contributed by atoms with E-state index in [9.17, 15) is 0 Å². The molecule has 1 fully saturated rings. The van der Waals surface area contributed by atoms with Crippen molar-refractivity contribution in [2.45, 2.75) is 19.9 Å². The smallest absolute Gasteiger partial charge is 0.196 e. The molecule has 0 spiro atoms. The zero-order chi connectivity index (χ0) is 24.2. The van der Waals surface area contributed by atoms with Gasteiger partial charge in [-0.1, -0.05) is 68.1 Å². The number of hydrogen-bond acceptors (Lipinski definition) is 5. The third-order valence-electron chi connectivity index (χ3n) is 6.73. The van der Waals surface area contributed by atoms with Gasteiger partial charge in [-0.3, -0.25) is 9.80 Å². The third kappa shape index (κ3) is 5.05. The molecule has 2 aliphatic rings. The second-order valence-electron chi connectivity index (χ2n) is 9.04. The maximum Gasteiger partial charge on any atom is 0.196 e. The van der Waals surface area contributed by atoms with Crippen LogP contribution in [0.3, 0.4) is 0 Å². The Morgan fingerprint density at radius 2 is 1.60 bits per heavy atom. The first-order valence-electron chi connectivity index (χ1n) is 12.3. The van der Waals surface area contributed by atoms with Crippen molar-refractivity contribution in [2.75, 3.05) is 42.7 Å². The first-order valence-corrected chi connectivity index (χ1v) is 12.3. The molecule has 2 heterocycles. The highest BCUT2D eigenvalue weighted by Gasteiger charge is 2.30. The lowest BCUT2D eigenvalue weighted by Crippen LogP contribution is -2.46. The Hall–Kier alpha value is -3.70. The van der Waals surface area contributed by atoms with Crippen LogP contribution in [0.1, 0.15) is 18.9 Å². The van der Waals surface area contributed by atoms with E-state index in [-0.39, 0.29) is 0 Å². The first kappa shape index (κ1) is 23.1. The molecule has 0 bridgehead atoms. The second-order valence-corrected chi connectivity index (χ2v) is 9.04. The summed E-state index contributed by atoms with van der Waals surface area (Å²) in [5, 5.41) is 0. The van der Waals surface area contributed by atoms with Gasteiger partial charge in [0.2, 0.25) is 0 Å². The van der Waals surface area contributed by atoms with Crippen LogP contribution in [0.5, 0.6) is 5.75 Å². The van der Waals surface area contributed by atoms with E-state index in [2.05, 4.69) is 95.8 Å². The van der Waals surface area contributed by atoms with Crippen molar-refractivity contribution in [3.05, 3.63) is 103 Å². The average Bonchev–Trinajstić information content (AvgIpc) is 3.23. The van der Waals surface area contributed by atoms with Crippen molar-refractivity contribution in [1.82, 2.24) is 4.90 Å². The maximum absolute atomic E-state index is 6.11. The van der Waals surface area contributed by atoms with Crippen LogP contribution >= 0.6 is 0 Å². The number of fused-ring (bicyclic) bond motifs is 1. The van der Waals surface area contributed by atoms with Crippen LogP contribution in [0.4, 0.5) is 11.4 Å². The van der Waals surface area contributed by atoms with E-state index >= 15 is 0 Å². The first-order chi connectivity index (χ1) is 17.1. The van der Waals surface area contributed by atoms with Gasteiger partial charge in [0.05, 0.1) is 17.1 Å². The lowest BCUT2D eigenvalue weighted by Gasteiger charge is -2.36. The number of nitrogens with zero attached hydrogens (tertiary/aromatic N) is 3. The fourth-order valence-corrected chi connectivity index (χ4v) is 4.67. The summed E-state index contributed by atoms with van der Waals surface area (Å²) in [7, 11) is 0. The summed E-state index contributed by atoms with van der Waals surface area (Å²) in [6.07, 6.45) is 0.787. The summed E-state index contributed by atoms with van der Waals surface area (Å²) in [4.78, 5) is 6.91. The summed E-state index contributed by atoms with van der Waals surface area (Å²) < 4.78 is 11.9. The molecule has 0 atom stereocenters. The Morgan fingerprint density at radius 1 is 0.886 bits per heavy atom. The van der Waals surface area contributed by atoms with Crippen molar-refractivity contribution in [1.29, 1.82) is 0 Å². The van der Waals surface area contributed by atoms with Gasteiger partial charge in [0.25, 0.3) is 0 Å². The van der Waals surface area contributed by atoms with E-state index in [1.165, 1.54) is 16.7 Å².